The zero-order chi connectivity index (χ0) is 19.6. The smallest absolute Gasteiger partial charge is 0.258 e. The molecule has 0 aliphatic carbocycles. The first-order valence-corrected chi connectivity index (χ1v) is 9.33. The number of hydrogen-bond donors (Lipinski definition) is 1. The lowest BCUT2D eigenvalue weighted by molar-refractivity contribution is -0.123. The summed E-state index contributed by atoms with van der Waals surface area (Å²) in [5.74, 6) is 1.27. The third kappa shape index (κ3) is 6.13. The van der Waals surface area contributed by atoms with E-state index in [1.165, 1.54) is 5.56 Å². The number of pyridine rings is 1. The highest BCUT2D eigenvalue weighted by Gasteiger charge is 2.04. The normalized spacial score (nSPS) is 10.3. The summed E-state index contributed by atoms with van der Waals surface area (Å²) in [7, 11) is 0. The number of ether oxygens (including phenoxy) is 2. The van der Waals surface area contributed by atoms with Crippen LogP contribution in [0.5, 0.6) is 11.5 Å². The van der Waals surface area contributed by atoms with Crippen LogP contribution in [-0.2, 0) is 24.4 Å². The van der Waals surface area contributed by atoms with Gasteiger partial charge in [0.2, 0.25) is 0 Å². The van der Waals surface area contributed by atoms with Crippen LogP contribution in [-0.4, -0.2) is 17.5 Å². The van der Waals surface area contributed by atoms with E-state index in [-0.39, 0.29) is 12.5 Å². The van der Waals surface area contributed by atoms with Crippen LogP contribution < -0.4 is 14.8 Å². The summed E-state index contributed by atoms with van der Waals surface area (Å²) in [6.45, 7) is 2.91. The minimum Gasteiger partial charge on any atom is -0.487 e. The number of hydrogen-bond acceptors (Lipinski definition) is 4. The maximum atomic E-state index is 12.0. The van der Waals surface area contributed by atoms with Crippen molar-refractivity contribution in [2.75, 3.05) is 6.61 Å². The summed E-state index contributed by atoms with van der Waals surface area (Å²) in [5, 5.41) is 2.86. The van der Waals surface area contributed by atoms with Crippen LogP contribution >= 0.6 is 0 Å². The number of aryl methyl sites for hydroxylation is 1. The third-order valence-corrected chi connectivity index (χ3v) is 4.20. The van der Waals surface area contributed by atoms with Gasteiger partial charge in [-0.1, -0.05) is 37.3 Å². The van der Waals surface area contributed by atoms with Gasteiger partial charge in [-0.05, 0) is 53.9 Å². The lowest BCUT2D eigenvalue weighted by atomic mass is 10.2. The average molecular weight is 376 g/mol. The Morgan fingerprint density at radius 2 is 1.79 bits per heavy atom. The first-order chi connectivity index (χ1) is 13.7. The maximum absolute atomic E-state index is 12.0. The van der Waals surface area contributed by atoms with Crippen LogP contribution in [0.1, 0.15) is 23.7 Å². The van der Waals surface area contributed by atoms with Crippen molar-refractivity contribution in [1.82, 2.24) is 10.3 Å². The molecule has 0 aliphatic rings. The van der Waals surface area contributed by atoms with Gasteiger partial charge in [0, 0.05) is 12.7 Å². The van der Waals surface area contributed by atoms with Crippen molar-refractivity contribution in [3.63, 3.8) is 0 Å². The van der Waals surface area contributed by atoms with Gasteiger partial charge < -0.3 is 14.8 Å². The highest BCUT2D eigenvalue weighted by Crippen LogP contribution is 2.15. The van der Waals surface area contributed by atoms with Crippen molar-refractivity contribution in [3.05, 3.63) is 89.7 Å². The first kappa shape index (κ1) is 19.4. The van der Waals surface area contributed by atoms with E-state index in [0.29, 0.717) is 18.9 Å². The van der Waals surface area contributed by atoms with Crippen molar-refractivity contribution in [3.8, 4) is 11.5 Å². The number of amides is 1. The fourth-order valence-electron chi connectivity index (χ4n) is 2.61. The zero-order valence-corrected chi connectivity index (χ0v) is 15.9. The summed E-state index contributed by atoms with van der Waals surface area (Å²) in [4.78, 5) is 16.3. The summed E-state index contributed by atoms with van der Waals surface area (Å²) in [5.41, 5.74) is 3.06. The molecule has 0 spiro atoms. The third-order valence-electron chi connectivity index (χ3n) is 4.20. The van der Waals surface area contributed by atoms with Gasteiger partial charge in [0.05, 0.1) is 5.69 Å². The second kappa shape index (κ2) is 10.1. The predicted molar refractivity (Wildman–Crippen MR) is 108 cm³/mol. The molecule has 0 atom stereocenters. The molecule has 0 fully saturated rings. The standard InChI is InChI=1S/C23H24N2O3/c1-2-18-9-11-21(12-10-18)28-17-23(26)25-15-19-6-5-8-22(14-19)27-16-20-7-3-4-13-24-20/h3-14H,2,15-17H2,1H3,(H,25,26). The summed E-state index contributed by atoms with van der Waals surface area (Å²) >= 11 is 0. The van der Waals surface area contributed by atoms with Crippen molar-refractivity contribution in [2.24, 2.45) is 0 Å². The monoisotopic (exact) mass is 376 g/mol. The second-order valence-corrected chi connectivity index (χ2v) is 6.32. The Morgan fingerprint density at radius 1 is 0.929 bits per heavy atom. The number of nitrogens with zero attached hydrogens (tertiary/aromatic N) is 1. The average Bonchev–Trinajstić information content (AvgIpc) is 2.76. The lowest BCUT2D eigenvalue weighted by Crippen LogP contribution is -2.28. The van der Waals surface area contributed by atoms with E-state index >= 15 is 0 Å². The SMILES string of the molecule is CCc1ccc(OCC(=O)NCc2cccc(OCc3ccccn3)c2)cc1. The predicted octanol–water partition coefficient (Wildman–Crippen LogP) is 3.92. The van der Waals surface area contributed by atoms with Gasteiger partial charge in [-0.3, -0.25) is 9.78 Å². The second-order valence-electron chi connectivity index (χ2n) is 6.32. The molecule has 5 heteroatoms. The lowest BCUT2D eigenvalue weighted by Gasteiger charge is -2.10. The number of aromatic nitrogens is 1. The summed E-state index contributed by atoms with van der Waals surface area (Å²) in [6, 6.07) is 21.1. The van der Waals surface area contributed by atoms with Gasteiger partial charge >= 0.3 is 0 Å². The van der Waals surface area contributed by atoms with E-state index in [0.717, 1.165) is 23.4 Å². The Bertz CT molecular complexity index is 880. The van der Waals surface area contributed by atoms with Gasteiger partial charge in [0.15, 0.2) is 6.61 Å². The molecular formula is C23H24N2O3. The fourth-order valence-corrected chi connectivity index (χ4v) is 2.61. The van der Waals surface area contributed by atoms with Crippen LogP contribution in [0.4, 0.5) is 0 Å². The molecule has 5 nitrogen and oxygen atoms in total. The number of rotatable bonds is 9. The zero-order valence-electron chi connectivity index (χ0n) is 15.9. The maximum Gasteiger partial charge on any atom is 0.258 e. The molecule has 3 rings (SSSR count). The van der Waals surface area contributed by atoms with Gasteiger partial charge in [-0.2, -0.15) is 0 Å². The minimum atomic E-state index is -0.167. The number of carbonyl (C=O) groups is 1. The molecular weight excluding hydrogens is 352 g/mol. The molecule has 28 heavy (non-hydrogen) atoms. The molecule has 1 heterocycles. The van der Waals surface area contributed by atoms with E-state index in [9.17, 15) is 4.79 Å². The quantitative estimate of drug-likeness (QED) is 0.615. The number of nitrogens with one attached hydrogen (secondary N) is 1. The Labute approximate surface area is 165 Å². The molecule has 1 aromatic heterocycles. The molecule has 2 aromatic carbocycles. The van der Waals surface area contributed by atoms with Gasteiger partial charge in [0.1, 0.15) is 18.1 Å². The molecule has 0 radical (unpaired) electrons. The Balaban J connectivity index is 1.43. The summed E-state index contributed by atoms with van der Waals surface area (Å²) < 4.78 is 11.3. The molecule has 1 amide bonds. The first-order valence-electron chi connectivity index (χ1n) is 9.33. The molecule has 1 N–H and O–H groups in total. The van der Waals surface area contributed by atoms with Crippen molar-refractivity contribution in [2.45, 2.75) is 26.5 Å². The van der Waals surface area contributed by atoms with Gasteiger partial charge in [-0.25, -0.2) is 0 Å². The molecule has 3 aromatic rings. The molecule has 144 valence electrons. The van der Waals surface area contributed by atoms with Gasteiger partial charge in [0.25, 0.3) is 5.91 Å². The molecule has 0 bridgehead atoms. The molecule has 0 unspecified atom stereocenters. The molecule has 0 saturated heterocycles. The van der Waals surface area contributed by atoms with E-state index < -0.39 is 0 Å². The van der Waals surface area contributed by atoms with Crippen LogP contribution in [0.15, 0.2) is 72.9 Å². The molecule has 0 saturated carbocycles. The minimum absolute atomic E-state index is 0.0126. The van der Waals surface area contributed by atoms with Gasteiger partial charge in [-0.15, -0.1) is 0 Å². The van der Waals surface area contributed by atoms with Crippen LogP contribution in [0.3, 0.4) is 0 Å². The van der Waals surface area contributed by atoms with E-state index in [2.05, 4.69) is 17.2 Å². The Kier molecular flexibility index (Phi) is 7.01. The Morgan fingerprint density at radius 3 is 2.54 bits per heavy atom. The fraction of sp³-hybridized carbons (Fsp3) is 0.217. The van der Waals surface area contributed by atoms with E-state index in [1.807, 2.05) is 66.7 Å². The van der Waals surface area contributed by atoms with Crippen LogP contribution in [0.25, 0.3) is 0 Å². The van der Waals surface area contributed by atoms with Crippen molar-refractivity contribution >= 4 is 5.91 Å². The topological polar surface area (TPSA) is 60.5 Å². The molecule has 0 aliphatic heterocycles. The van der Waals surface area contributed by atoms with Crippen LogP contribution in [0.2, 0.25) is 0 Å². The van der Waals surface area contributed by atoms with Crippen molar-refractivity contribution < 1.29 is 14.3 Å². The van der Waals surface area contributed by atoms with Crippen LogP contribution in [0, 0.1) is 0 Å². The highest BCUT2D eigenvalue weighted by atomic mass is 16.5. The largest absolute Gasteiger partial charge is 0.487 e. The number of benzene rings is 2. The Hall–Kier alpha value is -3.34. The summed E-state index contributed by atoms with van der Waals surface area (Å²) in [6.07, 6.45) is 2.72. The van der Waals surface area contributed by atoms with E-state index in [4.69, 9.17) is 9.47 Å². The van der Waals surface area contributed by atoms with Crippen molar-refractivity contribution in [1.29, 1.82) is 0 Å². The van der Waals surface area contributed by atoms with E-state index in [1.54, 1.807) is 6.20 Å². The number of carbonyl (C=O) groups excluding carboxylic acids is 1. The highest BCUT2D eigenvalue weighted by molar-refractivity contribution is 5.77.